The summed E-state index contributed by atoms with van der Waals surface area (Å²) in [4.78, 5) is 22.0. The molecular formula is C8H11IO5. The molecule has 0 amide bonds. The molecule has 0 N–H and O–H groups in total. The van der Waals surface area contributed by atoms with Crippen LogP contribution in [0.5, 0.6) is 0 Å². The van der Waals surface area contributed by atoms with Crippen LogP contribution in [0.3, 0.4) is 0 Å². The van der Waals surface area contributed by atoms with Crippen molar-refractivity contribution >= 4 is 34.9 Å². The van der Waals surface area contributed by atoms with E-state index in [4.69, 9.17) is 0 Å². The molecule has 5 nitrogen and oxygen atoms in total. The molecule has 14 heavy (non-hydrogen) atoms. The second kappa shape index (κ2) is 7.60. The van der Waals surface area contributed by atoms with E-state index in [1.807, 2.05) is 0 Å². The Kier molecular flexibility index (Phi) is 7.17. The van der Waals surface area contributed by atoms with Gasteiger partial charge in [-0.05, 0) is 13.8 Å². The van der Waals surface area contributed by atoms with Crippen molar-refractivity contribution in [3.05, 3.63) is 11.8 Å². The van der Waals surface area contributed by atoms with E-state index in [0.717, 1.165) is 6.08 Å². The minimum atomic E-state index is -0.685. The maximum Gasteiger partial charge on any atom is 0.375 e. The van der Waals surface area contributed by atoms with Gasteiger partial charge < -0.3 is 12.5 Å². The number of ether oxygens (including phenoxy) is 2. The smallest absolute Gasteiger partial charge is 0.375 e. The van der Waals surface area contributed by atoms with Crippen LogP contribution in [-0.2, 0) is 22.1 Å². The topological polar surface area (TPSA) is 61.8 Å². The van der Waals surface area contributed by atoms with Gasteiger partial charge in [-0.15, -0.1) is 0 Å². The Morgan fingerprint density at radius 1 is 1.21 bits per heavy atom. The molecule has 0 spiro atoms. The highest BCUT2D eigenvalue weighted by Gasteiger charge is 2.14. The molecule has 0 heterocycles. The molecule has 0 fully saturated rings. The van der Waals surface area contributed by atoms with Crippen molar-refractivity contribution in [1.82, 2.24) is 0 Å². The molecule has 0 aromatic rings. The summed E-state index contributed by atoms with van der Waals surface area (Å²) in [6.45, 7) is 3.79. The van der Waals surface area contributed by atoms with Gasteiger partial charge in [-0.3, -0.25) is 0 Å². The summed E-state index contributed by atoms with van der Waals surface area (Å²) in [5.74, 6) is -1.49. The molecular weight excluding hydrogens is 303 g/mol. The normalized spacial score (nSPS) is 10.6. The number of carbonyl (C=O) groups excluding carboxylic acids is 2. The zero-order valence-corrected chi connectivity index (χ0v) is 10.1. The van der Waals surface area contributed by atoms with Crippen LogP contribution in [0.25, 0.3) is 0 Å². The molecule has 6 heteroatoms. The van der Waals surface area contributed by atoms with Crippen molar-refractivity contribution in [2.75, 3.05) is 13.2 Å². The molecule has 0 rings (SSSR count). The average molecular weight is 314 g/mol. The fraction of sp³-hybridized carbons (Fsp3) is 0.500. The van der Waals surface area contributed by atoms with Gasteiger partial charge in [-0.2, -0.15) is 0 Å². The zero-order valence-electron chi connectivity index (χ0n) is 7.91. The lowest BCUT2D eigenvalue weighted by Crippen LogP contribution is -2.10. The van der Waals surface area contributed by atoms with E-state index in [0.29, 0.717) is 0 Å². The number of halogens is 1. The molecule has 0 aliphatic heterocycles. The lowest BCUT2D eigenvalue weighted by Gasteiger charge is -2.03. The lowest BCUT2D eigenvalue weighted by atomic mass is 10.4. The number of hydrogen-bond acceptors (Lipinski definition) is 5. The van der Waals surface area contributed by atoms with Gasteiger partial charge in [0.1, 0.15) is 0 Å². The van der Waals surface area contributed by atoms with Gasteiger partial charge >= 0.3 is 11.9 Å². The van der Waals surface area contributed by atoms with Crippen LogP contribution >= 0.6 is 23.0 Å². The van der Waals surface area contributed by atoms with Gasteiger partial charge in [-0.1, -0.05) is 0 Å². The first-order valence-electron chi connectivity index (χ1n) is 3.99. The molecule has 0 aliphatic carbocycles. The van der Waals surface area contributed by atoms with E-state index in [-0.39, 0.29) is 19.0 Å². The molecule has 0 aromatic heterocycles. The van der Waals surface area contributed by atoms with Crippen molar-refractivity contribution in [3.8, 4) is 0 Å². The molecule has 0 bridgehead atoms. The average Bonchev–Trinajstić information content (AvgIpc) is 2.15. The van der Waals surface area contributed by atoms with Crippen LogP contribution in [0.15, 0.2) is 11.8 Å². The van der Waals surface area contributed by atoms with Crippen LogP contribution < -0.4 is 0 Å². The zero-order chi connectivity index (χ0) is 11.0. The van der Waals surface area contributed by atoms with E-state index >= 15 is 0 Å². The fourth-order valence-electron chi connectivity index (χ4n) is 0.606. The van der Waals surface area contributed by atoms with Crippen molar-refractivity contribution in [2.24, 2.45) is 0 Å². The number of carbonyl (C=O) groups is 2. The predicted molar refractivity (Wildman–Crippen MR) is 56.5 cm³/mol. The Morgan fingerprint density at radius 3 is 2.21 bits per heavy atom. The van der Waals surface area contributed by atoms with E-state index in [1.165, 1.54) is 23.0 Å². The monoisotopic (exact) mass is 314 g/mol. The van der Waals surface area contributed by atoms with Crippen molar-refractivity contribution in [1.29, 1.82) is 0 Å². The highest BCUT2D eigenvalue weighted by atomic mass is 127. The fourth-order valence-corrected chi connectivity index (χ4v) is 0.913. The third-order valence-corrected chi connectivity index (χ3v) is 1.57. The summed E-state index contributed by atoms with van der Waals surface area (Å²) in [6, 6.07) is 0. The van der Waals surface area contributed by atoms with Gasteiger partial charge in [0.05, 0.1) is 19.3 Å². The van der Waals surface area contributed by atoms with E-state index in [1.54, 1.807) is 13.8 Å². The first kappa shape index (κ1) is 13.2. The summed E-state index contributed by atoms with van der Waals surface area (Å²) in [6.07, 6.45) is 0.952. The molecule has 0 saturated carbocycles. The largest absolute Gasteiger partial charge is 0.463 e. The first-order chi connectivity index (χ1) is 6.65. The Morgan fingerprint density at radius 2 is 1.79 bits per heavy atom. The molecule has 0 saturated heterocycles. The van der Waals surface area contributed by atoms with Crippen LogP contribution in [-0.4, -0.2) is 25.2 Å². The van der Waals surface area contributed by atoms with Gasteiger partial charge in [0.25, 0.3) is 0 Å². The maximum atomic E-state index is 11.1. The van der Waals surface area contributed by atoms with Crippen LogP contribution in [0.1, 0.15) is 13.8 Å². The van der Waals surface area contributed by atoms with Gasteiger partial charge in [-0.25, -0.2) is 9.59 Å². The summed E-state index contributed by atoms with van der Waals surface area (Å²) in [7, 11) is 0. The molecule has 0 atom stereocenters. The van der Waals surface area contributed by atoms with E-state index in [2.05, 4.69) is 12.5 Å². The Hall–Kier alpha value is -0.790. The molecule has 80 valence electrons. The molecule has 0 aliphatic rings. The number of rotatable bonds is 5. The van der Waals surface area contributed by atoms with Gasteiger partial charge in [0, 0.05) is 0 Å². The summed E-state index contributed by atoms with van der Waals surface area (Å²) in [5.41, 5.74) is 0. The van der Waals surface area contributed by atoms with Crippen molar-refractivity contribution in [2.45, 2.75) is 13.8 Å². The maximum absolute atomic E-state index is 11.1. The van der Waals surface area contributed by atoms with Crippen molar-refractivity contribution < 1.29 is 22.1 Å². The minimum absolute atomic E-state index is 0.175. The Balaban J connectivity index is 4.38. The minimum Gasteiger partial charge on any atom is -0.463 e. The highest BCUT2D eigenvalue weighted by Crippen LogP contribution is 2.06. The van der Waals surface area contributed by atoms with E-state index in [9.17, 15) is 9.59 Å². The third kappa shape index (κ3) is 5.05. The molecule has 0 unspecified atom stereocenters. The van der Waals surface area contributed by atoms with Gasteiger partial charge in [0.2, 0.25) is 5.76 Å². The Labute approximate surface area is 96.1 Å². The van der Waals surface area contributed by atoms with Crippen LogP contribution in [0.4, 0.5) is 0 Å². The third-order valence-electron chi connectivity index (χ3n) is 1.10. The second-order valence-electron chi connectivity index (χ2n) is 2.06. The van der Waals surface area contributed by atoms with Crippen LogP contribution in [0.2, 0.25) is 0 Å². The lowest BCUT2D eigenvalue weighted by molar-refractivity contribution is -0.142. The second-order valence-corrected chi connectivity index (χ2v) is 2.50. The summed E-state index contributed by atoms with van der Waals surface area (Å²) < 4.78 is 13.9. The highest BCUT2D eigenvalue weighted by molar-refractivity contribution is 14.1. The number of hydrogen-bond donors (Lipinski definition) is 0. The quantitative estimate of drug-likeness (QED) is 0.332. The molecule has 0 radical (unpaired) electrons. The Bertz CT molecular complexity index is 236. The van der Waals surface area contributed by atoms with Crippen LogP contribution in [0, 0.1) is 0 Å². The summed E-state index contributed by atoms with van der Waals surface area (Å²) in [5, 5.41) is 0. The number of esters is 2. The predicted octanol–water partition coefficient (Wildman–Crippen LogP) is 1.36. The van der Waals surface area contributed by atoms with Crippen molar-refractivity contribution in [3.63, 3.8) is 0 Å². The summed E-state index contributed by atoms with van der Waals surface area (Å²) >= 11 is 1.49. The van der Waals surface area contributed by atoms with Gasteiger partial charge in [0.15, 0.2) is 23.0 Å². The molecule has 0 aromatic carbocycles. The first-order valence-corrected chi connectivity index (χ1v) is 4.87. The SMILES string of the molecule is CCOC(=O)/C=C(/OI)C(=O)OCC. The standard InChI is InChI=1S/C8H11IO5/c1-3-12-7(10)5-6(14-9)8(11)13-4-2/h5H,3-4H2,1-2H3/b6-5+. The van der Waals surface area contributed by atoms with E-state index < -0.39 is 11.9 Å².